The minimum Gasteiger partial charge on any atom is -0.304 e. The van der Waals surface area contributed by atoms with Crippen LogP contribution in [0.15, 0.2) is 54.6 Å². The fraction of sp³-hybridized carbons (Fsp3) is 0.176. The van der Waals surface area contributed by atoms with Crippen molar-refractivity contribution in [2.45, 2.75) is 18.6 Å². The number of alkyl halides is 3. The summed E-state index contributed by atoms with van der Waals surface area (Å²) in [6, 6.07) is 14.4. The number of aryl methyl sites for hydroxylation is 1. The highest BCUT2D eigenvalue weighted by Gasteiger charge is 2.52. The molecular formula is C17H14F3N. The normalized spacial score (nSPS) is 14.0. The van der Waals surface area contributed by atoms with Gasteiger partial charge in [-0.3, -0.25) is 0 Å². The van der Waals surface area contributed by atoms with Crippen LogP contribution in [-0.2, 0) is 5.54 Å². The van der Waals surface area contributed by atoms with E-state index in [9.17, 15) is 13.2 Å². The molecule has 0 bridgehead atoms. The third kappa shape index (κ3) is 3.26. The van der Waals surface area contributed by atoms with Gasteiger partial charge in [0.1, 0.15) is 0 Å². The van der Waals surface area contributed by atoms with Gasteiger partial charge in [-0.2, -0.15) is 13.2 Å². The maximum absolute atomic E-state index is 13.4. The van der Waals surface area contributed by atoms with Crippen molar-refractivity contribution in [2.75, 3.05) is 0 Å². The lowest BCUT2D eigenvalue weighted by Crippen LogP contribution is -2.49. The van der Waals surface area contributed by atoms with Gasteiger partial charge < -0.3 is 5.73 Å². The van der Waals surface area contributed by atoms with Crippen molar-refractivity contribution in [3.63, 3.8) is 0 Å². The number of hydrogen-bond acceptors (Lipinski definition) is 1. The van der Waals surface area contributed by atoms with Gasteiger partial charge in [-0.1, -0.05) is 59.9 Å². The molecule has 0 aliphatic heterocycles. The molecule has 0 saturated heterocycles. The summed E-state index contributed by atoms with van der Waals surface area (Å²) < 4.78 is 40.1. The van der Waals surface area contributed by atoms with Crippen LogP contribution < -0.4 is 5.73 Å². The van der Waals surface area contributed by atoms with Crippen molar-refractivity contribution in [3.8, 4) is 11.8 Å². The van der Waals surface area contributed by atoms with Crippen molar-refractivity contribution in [1.29, 1.82) is 0 Å². The van der Waals surface area contributed by atoms with Gasteiger partial charge in [0.25, 0.3) is 0 Å². The topological polar surface area (TPSA) is 26.0 Å². The van der Waals surface area contributed by atoms with Gasteiger partial charge in [-0.15, -0.1) is 0 Å². The van der Waals surface area contributed by atoms with Crippen LogP contribution in [0, 0.1) is 18.8 Å². The Balaban J connectivity index is 2.49. The zero-order valence-corrected chi connectivity index (χ0v) is 11.4. The van der Waals surface area contributed by atoms with E-state index in [1.165, 1.54) is 12.1 Å². The van der Waals surface area contributed by atoms with E-state index in [2.05, 4.69) is 11.8 Å². The fourth-order valence-corrected chi connectivity index (χ4v) is 1.82. The summed E-state index contributed by atoms with van der Waals surface area (Å²) in [6.45, 7) is 1.80. The van der Waals surface area contributed by atoms with Crippen molar-refractivity contribution in [3.05, 3.63) is 71.3 Å². The van der Waals surface area contributed by atoms with Crippen LogP contribution in [0.3, 0.4) is 0 Å². The second-order valence-electron chi connectivity index (χ2n) is 4.79. The zero-order valence-electron chi connectivity index (χ0n) is 11.4. The first kappa shape index (κ1) is 15.1. The van der Waals surface area contributed by atoms with E-state index in [-0.39, 0.29) is 5.56 Å². The first-order valence-electron chi connectivity index (χ1n) is 6.34. The van der Waals surface area contributed by atoms with Gasteiger partial charge in [0.05, 0.1) is 0 Å². The summed E-state index contributed by atoms with van der Waals surface area (Å²) in [5, 5.41) is 0. The monoisotopic (exact) mass is 289 g/mol. The van der Waals surface area contributed by atoms with Gasteiger partial charge in [-0.05, 0) is 24.6 Å². The van der Waals surface area contributed by atoms with Crippen molar-refractivity contribution in [1.82, 2.24) is 0 Å². The molecule has 0 heterocycles. The quantitative estimate of drug-likeness (QED) is 0.795. The predicted molar refractivity (Wildman–Crippen MR) is 76.4 cm³/mol. The molecule has 0 aliphatic carbocycles. The van der Waals surface area contributed by atoms with E-state index >= 15 is 0 Å². The largest absolute Gasteiger partial charge is 0.422 e. The number of nitrogens with two attached hydrogens (primary N) is 1. The van der Waals surface area contributed by atoms with Crippen LogP contribution in [0.5, 0.6) is 0 Å². The van der Waals surface area contributed by atoms with Crippen LogP contribution >= 0.6 is 0 Å². The Labute approximate surface area is 121 Å². The molecule has 0 aromatic heterocycles. The molecule has 0 aliphatic rings. The molecule has 2 aromatic carbocycles. The maximum atomic E-state index is 13.4. The van der Waals surface area contributed by atoms with E-state index < -0.39 is 11.7 Å². The molecule has 0 amide bonds. The molecule has 0 fully saturated rings. The van der Waals surface area contributed by atoms with Crippen LogP contribution in [0.2, 0.25) is 0 Å². The highest BCUT2D eigenvalue weighted by Crippen LogP contribution is 2.36. The third-order valence-corrected chi connectivity index (χ3v) is 3.13. The molecule has 0 saturated carbocycles. The van der Waals surface area contributed by atoms with Gasteiger partial charge in [-0.25, -0.2) is 0 Å². The minimum atomic E-state index is -4.66. The number of rotatable bonds is 1. The van der Waals surface area contributed by atoms with E-state index in [1.807, 2.05) is 0 Å². The Hall–Kier alpha value is -2.25. The van der Waals surface area contributed by atoms with E-state index in [4.69, 9.17) is 5.73 Å². The summed E-state index contributed by atoms with van der Waals surface area (Å²) >= 11 is 0. The number of halogens is 3. The lowest BCUT2D eigenvalue weighted by molar-refractivity contribution is -0.171. The molecule has 1 atom stereocenters. The Morgan fingerprint density at radius 2 is 1.48 bits per heavy atom. The van der Waals surface area contributed by atoms with E-state index in [0.29, 0.717) is 5.56 Å². The summed E-state index contributed by atoms with van der Waals surface area (Å²) in [4.78, 5) is 0. The predicted octanol–water partition coefficient (Wildman–Crippen LogP) is 3.76. The van der Waals surface area contributed by atoms with Gasteiger partial charge in [0.2, 0.25) is 0 Å². The second-order valence-corrected chi connectivity index (χ2v) is 4.79. The first-order chi connectivity index (χ1) is 9.83. The van der Waals surface area contributed by atoms with E-state index in [0.717, 1.165) is 5.56 Å². The summed E-state index contributed by atoms with van der Waals surface area (Å²) in [5.74, 6) is 4.70. The zero-order chi connectivity index (χ0) is 15.5. The molecule has 2 rings (SSSR count). The lowest BCUT2D eigenvalue weighted by Gasteiger charge is -2.27. The Bertz CT molecular complexity index is 663. The standard InChI is InChI=1S/C17H14F3N/c1-13-7-9-15(10-8-13)16(21,17(18,19)20)12-11-14-5-3-2-4-6-14/h2-10H,21H2,1H3. The Morgan fingerprint density at radius 3 is 2.00 bits per heavy atom. The molecule has 0 radical (unpaired) electrons. The average molecular weight is 289 g/mol. The third-order valence-electron chi connectivity index (χ3n) is 3.13. The summed E-state index contributed by atoms with van der Waals surface area (Å²) in [6.07, 6.45) is -4.66. The van der Waals surface area contributed by atoms with Gasteiger partial charge in [0.15, 0.2) is 5.54 Å². The first-order valence-corrected chi connectivity index (χ1v) is 6.34. The van der Waals surface area contributed by atoms with Crippen molar-refractivity contribution in [2.24, 2.45) is 5.73 Å². The highest BCUT2D eigenvalue weighted by atomic mass is 19.4. The maximum Gasteiger partial charge on any atom is 0.422 e. The number of benzene rings is 2. The van der Waals surface area contributed by atoms with Crippen molar-refractivity contribution >= 4 is 0 Å². The van der Waals surface area contributed by atoms with Crippen LogP contribution in [0.25, 0.3) is 0 Å². The molecule has 1 nitrogen and oxygen atoms in total. The Kier molecular flexibility index (Phi) is 4.06. The molecule has 108 valence electrons. The molecule has 0 spiro atoms. The molecule has 4 heteroatoms. The number of hydrogen-bond donors (Lipinski definition) is 1. The molecular weight excluding hydrogens is 275 g/mol. The minimum absolute atomic E-state index is 0.0657. The molecule has 2 N–H and O–H groups in total. The summed E-state index contributed by atoms with van der Waals surface area (Å²) in [7, 11) is 0. The highest BCUT2D eigenvalue weighted by molar-refractivity contribution is 5.43. The van der Waals surface area contributed by atoms with Crippen molar-refractivity contribution < 1.29 is 13.2 Å². The molecule has 1 unspecified atom stereocenters. The average Bonchev–Trinajstić information content (AvgIpc) is 2.45. The van der Waals surface area contributed by atoms with Gasteiger partial charge >= 0.3 is 6.18 Å². The molecule has 21 heavy (non-hydrogen) atoms. The van der Waals surface area contributed by atoms with Crippen LogP contribution in [0.4, 0.5) is 13.2 Å². The lowest BCUT2D eigenvalue weighted by atomic mass is 9.90. The second kappa shape index (κ2) is 5.63. The van der Waals surface area contributed by atoms with E-state index in [1.54, 1.807) is 49.4 Å². The Morgan fingerprint density at radius 1 is 0.905 bits per heavy atom. The van der Waals surface area contributed by atoms with Crippen LogP contribution in [-0.4, -0.2) is 6.18 Å². The molecule has 2 aromatic rings. The fourth-order valence-electron chi connectivity index (χ4n) is 1.82. The summed E-state index contributed by atoms with van der Waals surface area (Å²) in [5.41, 5.74) is 4.20. The smallest absolute Gasteiger partial charge is 0.304 e. The van der Waals surface area contributed by atoms with Crippen LogP contribution in [0.1, 0.15) is 16.7 Å². The van der Waals surface area contributed by atoms with Gasteiger partial charge in [0, 0.05) is 5.56 Å². The SMILES string of the molecule is Cc1ccc(C(N)(C#Cc2ccccc2)C(F)(F)F)cc1.